The predicted octanol–water partition coefficient (Wildman–Crippen LogP) is 2.15. The van der Waals surface area contributed by atoms with Gasteiger partial charge in [-0.3, -0.25) is 9.59 Å². The van der Waals surface area contributed by atoms with Gasteiger partial charge in [-0.1, -0.05) is 0 Å². The summed E-state index contributed by atoms with van der Waals surface area (Å²) >= 11 is 0. The van der Waals surface area contributed by atoms with Crippen LogP contribution in [0.4, 0.5) is 22.0 Å². The van der Waals surface area contributed by atoms with Gasteiger partial charge >= 0.3 is 11.9 Å². The van der Waals surface area contributed by atoms with Gasteiger partial charge in [0.25, 0.3) is 0 Å². The number of hydrogen-bond acceptors (Lipinski definition) is 3. The minimum atomic E-state index is -2.39. The maximum atomic E-state index is 13.0. The number of carbonyl (C=O) groups is 2. The fraction of sp³-hybridized carbons (Fsp3) is 0.200. The first-order chi connectivity index (χ1) is 8.75. The van der Waals surface area contributed by atoms with E-state index in [4.69, 9.17) is 5.11 Å². The molecule has 0 spiro atoms. The predicted molar refractivity (Wildman–Crippen MR) is 48.7 cm³/mol. The molecule has 0 saturated carbocycles. The Balaban J connectivity index is 3.02. The third kappa shape index (κ3) is 3.18. The SMILES string of the molecule is O=C(O)CCC(=O)Oc1c(F)c(F)c(F)c(F)c1F. The number of rotatable bonds is 4. The van der Waals surface area contributed by atoms with Gasteiger partial charge in [-0.25, -0.2) is 13.2 Å². The molecular weight excluding hydrogens is 279 g/mol. The van der Waals surface area contributed by atoms with Crippen molar-refractivity contribution >= 4 is 11.9 Å². The zero-order valence-electron chi connectivity index (χ0n) is 8.98. The van der Waals surface area contributed by atoms with E-state index in [1.165, 1.54) is 0 Å². The van der Waals surface area contributed by atoms with Crippen molar-refractivity contribution in [3.8, 4) is 5.75 Å². The molecule has 0 aliphatic carbocycles. The van der Waals surface area contributed by atoms with Crippen LogP contribution < -0.4 is 4.74 Å². The van der Waals surface area contributed by atoms with E-state index >= 15 is 0 Å². The molecule has 1 N–H and O–H groups in total. The first-order valence-electron chi connectivity index (χ1n) is 4.69. The molecule has 104 valence electrons. The van der Waals surface area contributed by atoms with E-state index in [0.29, 0.717) is 0 Å². The molecule has 0 amide bonds. The molecule has 0 aliphatic heterocycles. The second-order valence-corrected chi connectivity index (χ2v) is 3.27. The summed E-state index contributed by atoms with van der Waals surface area (Å²) in [7, 11) is 0. The van der Waals surface area contributed by atoms with Crippen LogP contribution >= 0.6 is 0 Å². The third-order valence-corrected chi connectivity index (χ3v) is 1.93. The lowest BCUT2D eigenvalue weighted by molar-refractivity contribution is -0.142. The molecule has 0 bridgehead atoms. The summed E-state index contributed by atoms with van der Waals surface area (Å²) in [5.41, 5.74) is 0. The molecule has 0 heterocycles. The van der Waals surface area contributed by atoms with Crippen molar-refractivity contribution in [2.45, 2.75) is 12.8 Å². The van der Waals surface area contributed by atoms with Crippen LogP contribution in [0.1, 0.15) is 12.8 Å². The summed E-state index contributed by atoms with van der Waals surface area (Å²) in [6.45, 7) is 0. The maximum Gasteiger partial charge on any atom is 0.311 e. The Morgan fingerprint density at radius 3 is 1.68 bits per heavy atom. The zero-order valence-corrected chi connectivity index (χ0v) is 8.98. The average molecular weight is 284 g/mol. The summed E-state index contributed by atoms with van der Waals surface area (Å²) in [6.07, 6.45) is -1.50. The second kappa shape index (κ2) is 5.63. The number of ether oxygens (including phenoxy) is 1. The van der Waals surface area contributed by atoms with Crippen molar-refractivity contribution in [3.05, 3.63) is 29.1 Å². The minimum Gasteiger partial charge on any atom is -0.481 e. The number of hydrogen-bond donors (Lipinski definition) is 1. The third-order valence-electron chi connectivity index (χ3n) is 1.93. The van der Waals surface area contributed by atoms with Crippen LogP contribution in [0.25, 0.3) is 0 Å². The van der Waals surface area contributed by atoms with E-state index in [1.807, 2.05) is 0 Å². The fourth-order valence-electron chi connectivity index (χ4n) is 1.05. The normalized spacial score (nSPS) is 10.4. The Bertz CT molecular complexity index is 514. The van der Waals surface area contributed by atoms with Gasteiger partial charge < -0.3 is 9.84 Å². The van der Waals surface area contributed by atoms with Crippen molar-refractivity contribution in [2.24, 2.45) is 0 Å². The van der Waals surface area contributed by atoms with Gasteiger partial charge in [-0.2, -0.15) is 8.78 Å². The van der Waals surface area contributed by atoms with E-state index in [0.717, 1.165) is 0 Å². The van der Waals surface area contributed by atoms with Crippen LogP contribution in [0.15, 0.2) is 0 Å². The van der Waals surface area contributed by atoms with E-state index in [9.17, 15) is 31.5 Å². The molecule has 0 unspecified atom stereocenters. The highest BCUT2D eigenvalue weighted by Gasteiger charge is 2.28. The van der Waals surface area contributed by atoms with Gasteiger partial charge in [0, 0.05) is 0 Å². The van der Waals surface area contributed by atoms with Crippen molar-refractivity contribution in [3.63, 3.8) is 0 Å². The summed E-state index contributed by atoms with van der Waals surface area (Å²) in [6, 6.07) is 0. The number of benzene rings is 1. The molecule has 9 heteroatoms. The first kappa shape index (κ1) is 14.9. The highest BCUT2D eigenvalue weighted by atomic mass is 19.2. The molecule has 1 rings (SSSR count). The van der Waals surface area contributed by atoms with Crippen LogP contribution in [0.3, 0.4) is 0 Å². The summed E-state index contributed by atoms with van der Waals surface area (Å²) in [5.74, 6) is -16.1. The van der Waals surface area contributed by atoms with Gasteiger partial charge in [-0.15, -0.1) is 0 Å². The van der Waals surface area contributed by atoms with Gasteiger partial charge in [0.05, 0.1) is 12.8 Å². The zero-order chi connectivity index (χ0) is 14.7. The Hall–Kier alpha value is -2.19. The largest absolute Gasteiger partial charge is 0.481 e. The fourth-order valence-corrected chi connectivity index (χ4v) is 1.05. The Morgan fingerprint density at radius 2 is 1.26 bits per heavy atom. The number of esters is 1. The quantitative estimate of drug-likeness (QED) is 0.302. The molecule has 1 aromatic carbocycles. The van der Waals surface area contributed by atoms with Crippen molar-refractivity contribution < 1.29 is 41.4 Å². The Labute approximate surface area is 102 Å². The lowest BCUT2D eigenvalue weighted by atomic mass is 10.2. The summed E-state index contributed by atoms with van der Waals surface area (Å²) < 4.78 is 68.1. The van der Waals surface area contributed by atoms with Crippen molar-refractivity contribution in [1.82, 2.24) is 0 Å². The number of carboxylic acid groups (broad SMARTS) is 1. The standard InChI is InChI=1S/C10H5F5O4/c11-5-6(12)8(14)10(9(15)7(5)13)19-4(18)2-1-3(16)17/h1-2H2,(H,16,17). The molecule has 0 aromatic heterocycles. The van der Waals surface area contributed by atoms with Crippen molar-refractivity contribution in [2.75, 3.05) is 0 Å². The monoisotopic (exact) mass is 284 g/mol. The van der Waals surface area contributed by atoms with Crippen LogP contribution in [0, 0.1) is 29.1 Å². The van der Waals surface area contributed by atoms with Gasteiger partial charge in [0.1, 0.15) is 0 Å². The van der Waals surface area contributed by atoms with Crippen LogP contribution in [-0.2, 0) is 9.59 Å². The Kier molecular flexibility index (Phi) is 4.41. The molecule has 0 radical (unpaired) electrons. The van der Waals surface area contributed by atoms with Crippen LogP contribution in [-0.4, -0.2) is 17.0 Å². The van der Waals surface area contributed by atoms with E-state index in [-0.39, 0.29) is 0 Å². The molecule has 0 saturated heterocycles. The average Bonchev–Trinajstić information content (AvgIpc) is 2.36. The second-order valence-electron chi connectivity index (χ2n) is 3.27. The summed E-state index contributed by atoms with van der Waals surface area (Å²) in [4.78, 5) is 21.1. The maximum absolute atomic E-state index is 13.0. The molecule has 1 aromatic rings. The molecular formula is C10H5F5O4. The molecule has 0 atom stereocenters. The number of carboxylic acids is 1. The Morgan fingerprint density at radius 1 is 0.842 bits per heavy atom. The summed E-state index contributed by atoms with van der Waals surface area (Å²) in [5, 5.41) is 8.24. The smallest absolute Gasteiger partial charge is 0.311 e. The van der Waals surface area contributed by atoms with E-state index in [1.54, 1.807) is 0 Å². The molecule has 0 fully saturated rings. The molecule has 4 nitrogen and oxygen atoms in total. The highest BCUT2D eigenvalue weighted by molar-refractivity contribution is 5.78. The van der Waals surface area contributed by atoms with Gasteiger partial charge in [0.15, 0.2) is 0 Å². The number of halogens is 5. The van der Waals surface area contributed by atoms with Crippen LogP contribution in [0.5, 0.6) is 5.75 Å². The van der Waals surface area contributed by atoms with Gasteiger partial charge in [0.2, 0.25) is 34.8 Å². The van der Waals surface area contributed by atoms with Crippen LogP contribution in [0.2, 0.25) is 0 Å². The first-order valence-corrected chi connectivity index (χ1v) is 4.69. The lowest BCUT2D eigenvalue weighted by Crippen LogP contribution is -2.14. The minimum absolute atomic E-state index is 0.714. The molecule has 0 aliphatic rings. The topological polar surface area (TPSA) is 63.6 Å². The molecule has 19 heavy (non-hydrogen) atoms. The lowest BCUT2D eigenvalue weighted by Gasteiger charge is -2.08. The van der Waals surface area contributed by atoms with E-state index < -0.39 is 59.6 Å². The van der Waals surface area contributed by atoms with Crippen molar-refractivity contribution in [1.29, 1.82) is 0 Å². The van der Waals surface area contributed by atoms with E-state index in [2.05, 4.69) is 4.74 Å². The van der Waals surface area contributed by atoms with Gasteiger partial charge in [-0.05, 0) is 0 Å². The number of aliphatic carboxylic acids is 1. The number of carbonyl (C=O) groups excluding carboxylic acids is 1. The highest BCUT2D eigenvalue weighted by Crippen LogP contribution is 2.29.